The van der Waals surface area contributed by atoms with E-state index >= 15 is 0 Å². The number of hydrogen-bond donors (Lipinski definition) is 1. The van der Waals surface area contributed by atoms with Crippen molar-refractivity contribution in [3.8, 4) is 6.07 Å². The molecule has 7 nitrogen and oxygen atoms in total. The van der Waals surface area contributed by atoms with Crippen LogP contribution in [0.25, 0.3) is 10.9 Å². The molecule has 1 aromatic heterocycles. The lowest BCUT2D eigenvalue weighted by Gasteiger charge is -2.13. The van der Waals surface area contributed by atoms with Crippen molar-refractivity contribution >= 4 is 16.6 Å². The molecule has 0 aliphatic carbocycles. The molecule has 2 atom stereocenters. The maximum Gasteiger partial charge on any atom is 0.270 e. The van der Waals surface area contributed by atoms with Crippen molar-refractivity contribution in [3.05, 3.63) is 34.5 Å². The van der Waals surface area contributed by atoms with E-state index in [-0.39, 0.29) is 11.7 Å². The van der Waals surface area contributed by atoms with Crippen molar-refractivity contribution in [2.75, 3.05) is 0 Å². The number of non-ortho nitro benzene ring substituents is 1. The molecule has 2 unspecified atom stereocenters. The fourth-order valence-electron chi connectivity index (χ4n) is 1.63. The molecule has 1 heterocycles. The normalized spacial score (nSPS) is 14.1. The second-order valence-electron chi connectivity index (χ2n) is 4.00. The van der Waals surface area contributed by atoms with Crippen molar-refractivity contribution in [1.82, 2.24) is 9.78 Å². The fraction of sp³-hybridized carbons (Fsp3) is 0.273. The van der Waals surface area contributed by atoms with E-state index in [4.69, 9.17) is 11.0 Å². The first-order valence-corrected chi connectivity index (χ1v) is 5.31. The van der Waals surface area contributed by atoms with Gasteiger partial charge in [0.2, 0.25) is 0 Å². The van der Waals surface area contributed by atoms with Gasteiger partial charge in [-0.15, -0.1) is 0 Å². The summed E-state index contributed by atoms with van der Waals surface area (Å²) in [6.07, 6.45) is 1.66. The number of nitriles is 1. The predicted molar refractivity (Wildman–Crippen MR) is 64.7 cm³/mol. The average molecular weight is 245 g/mol. The maximum atomic E-state index is 10.7. The highest BCUT2D eigenvalue weighted by Crippen LogP contribution is 2.21. The summed E-state index contributed by atoms with van der Waals surface area (Å²) in [5.74, 6) is 0. The van der Waals surface area contributed by atoms with Gasteiger partial charge in [-0.05, 0) is 13.0 Å². The van der Waals surface area contributed by atoms with Gasteiger partial charge in [0.25, 0.3) is 5.69 Å². The summed E-state index contributed by atoms with van der Waals surface area (Å²) < 4.78 is 1.56. The van der Waals surface area contributed by atoms with Gasteiger partial charge in [0.15, 0.2) is 0 Å². The van der Waals surface area contributed by atoms with Gasteiger partial charge >= 0.3 is 0 Å². The van der Waals surface area contributed by atoms with Crippen LogP contribution in [0.5, 0.6) is 0 Å². The van der Waals surface area contributed by atoms with Crippen LogP contribution in [0.4, 0.5) is 5.69 Å². The van der Waals surface area contributed by atoms with E-state index in [1.165, 1.54) is 12.1 Å². The fourth-order valence-corrected chi connectivity index (χ4v) is 1.63. The minimum Gasteiger partial charge on any atom is -0.314 e. The van der Waals surface area contributed by atoms with Crippen LogP contribution in [-0.2, 0) is 0 Å². The Hall–Kier alpha value is -2.46. The minimum atomic E-state index is -0.672. The van der Waals surface area contributed by atoms with Gasteiger partial charge in [-0.3, -0.25) is 14.8 Å². The molecule has 1 aromatic carbocycles. The van der Waals surface area contributed by atoms with Crippen LogP contribution in [0.15, 0.2) is 24.4 Å². The maximum absolute atomic E-state index is 10.7. The topological polar surface area (TPSA) is 111 Å². The number of nitro benzene ring substituents is 1. The van der Waals surface area contributed by atoms with Gasteiger partial charge in [-0.2, -0.15) is 10.4 Å². The Morgan fingerprint density at radius 2 is 2.33 bits per heavy atom. The molecule has 0 spiro atoms. The SMILES string of the molecule is CC(C(N)C#N)n1cc2cc([N+](=O)[O-])ccc2n1. The van der Waals surface area contributed by atoms with E-state index in [2.05, 4.69) is 5.10 Å². The largest absolute Gasteiger partial charge is 0.314 e. The molecule has 0 saturated heterocycles. The number of aromatic nitrogens is 2. The first-order valence-electron chi connectivity index (χ1n) is 5.31. The molecular formula is C11H11N5O2. The molecule has 2 aromatic rings. The Bertz CT molecular complexity index is 642. The van der Waals surface area contributed by atoms with E-state index < -0.39 is 11.0 Å². The second kappa shape index (κ2) is 4.43. The zero-order valence-electron chi connectivity index (χ0n) is 9.65. The summed E-state index contributed by atoms with van der Waals surface area (Å²) in [6, 6.07) is 5.41. The van der Waals surface area contributed by atoms with Crippen molar-refractivity contribution in [2.45, 2.75) is 19.0 Å². The van der Waals surface area contributed by atoms with Crippen LogP contribution in [0.2, 0.25) is 0 Å². The standard InChI is InChI=1S/C11H11N5O2/c1-7(10(13)5-12)15-6-8-4-9(16(17)18)2-3-11(8)14-15/h2-4,6-7,10H,13H2,1H3. The van der Waals surface area contributed by atoms with E-state index in [9.17, 15) is 10.1 Å². The number of nitro groups is 1. The minimum absolute atomic E-state index is 0.0132. The average Bonchev–Trinajstić information content (AvgIpc) is 2.79. The first kappa shape index (κ1) is 12.0. The van der Waals surface area contributed by atoms with Crippen LogP contribution < -0.4 is 5.73 Å². The molecule has 92 valence electrons. The monoisotopic (exact) mass is 245 g/mol. The van der Waals surface area contributed by atoms with Crippen LogP contribution in [0, 0.1) is 21.4 Å². The van der Waals surface area contributed by atoms with Crippen molar-refractivity contribution in [1.29, 1.82) is 5.26 Å². The third kappa shape index (κ3) is 2.01. The zero-order chi connectivity index (χ0) is 13.3. The Labute approximate surface area is 103 Å². The van der Waals surface area contributed by atoms with Crippen molar-refractivity contribution < 1.29 is 4.92 Å². The number of nitrogens with two attached hydrogens (primary N) is 1. The number of hydrogen-bond acceptors (Lipinski definition) is 5. The molecule has 0 aliphatic heterocycles. The summed E-state index contributed by atoms with van der Waals surface area (Å²) in [5.41, 5.74) is 6.27. The lowest BCUT2D eigenvalue weighted by molar-refractivity contribution is -0.384. The summed E-state index contributed by atoms with van der Waals surface area (Å²) in [7, 11) is 0. The molecular weight excluding hydrogens is 234 g/mol. The highest BCUT2D eigenvalue weighted by Gasteiger charge is 2.16. The van der Waals surface area contributed by atoms with Crippen LogP contribution in [-0.4, -0.2) is 20.7 Å². The number of fused-ring (bicyclic) bond motifs is 1. The number of benzene rings is 1. The van der Waals surface area contributed by atoms with Gasteiger partial charge in [-0.1, -0.05) is 0 Å². The van der Waals surface area contributed by atoms with E-state index in [0.29, 0.717) is 10.9 Å². The Balaban J connectivity index is 2.45. The van der Waals surface area contributed by atoms with Crippen molar-refractivity contribution in [2.24, 2.45) is 5.73 Å². The third-order valence-corrected chi connectivity index (χ3v) is 2.80. The smallest absolute Gasteiger partial charge is 0.270 e. The van der Waals surface area contributed by atoms with Crippen molar-refractivity contribution in [3.63, 3.8) is 0 Å². The van der Waals surface area contributed by atoms with E-state index in [0.717, 1.165) is 0 Å². The van der Waals surface area contributed by atoms with Gasteiger partial charge < -0.3 is 5.73 Å². The molecule has 0 aliphatic rings. The van der Waals surface area contributed by atoms with Gasteiger partial charge in [-0.25, -0.2) is 0 Å². The van der Waals surface area contributed by atoms with Crippen LogP contribution in [0.1, 0.15) is 13.0 Å². The van der Waals surface area contributed by atoms with Crippen LogP contribution in [0.3, 0.4) is 0 Å². The molecule has 7 heteroatoms. The summed E-state index contributed by atoms with van der Waals surface area (Å²) in [5, 5.41) is 24.3. The summed E-state index contributed by atoms with van der Waals surface area (Å²) in [4.78, 5) is 10.2. The van der Waals surface area contributed by atoms with Crippen LogP contribution >= 0.6 is 0 Å². The van der Waals surface area contributed by atoms with Gasteiger partial charge in [0, 0.05) is 23.7 Å². The third-order valence-electron chi connectivity index (χ3n) is 2.80. The van der Waals surface area contributed by atoms with Gasteiger partial charge in [0.05, 0.1) is 22.6 Å². The van der Waals surface area contributed by atoms with E-state index in [1.54, 1.807) is 23.9 Å². The van der Waals surface area contributed by atoms with Gasteiger partial charge in [0.1, 0.15) is 6.04 Å². The Kier molecular flexibility index (Phi) is 2.95. The lowest BCUT2D eigenvalue weighted by atomic mass is 10.2. The van der Waals surface area contributed by atoms with E-state index in [1.807, 2.05) is 6.07 Å². The first-order chi connectivity index (χ1) is 8.52. The summed E-state index contributed by atoms with van der Waals surface area (Å²) in [6.45, 7) is 1.77. The molecule has 0 bridgehead atoms. The second-order valence-corrected chi connectivity index (χ2v) is 4.00. The summed E-state index contributed by atoms with van der Waals surface area (Å²) >= 11 is 0. The zero-order valence-corrected chi connectivity index (χ0v) is 9.65. The molecule has 2 rings (SSSR count). The lowest BCUT2D eigenvalue weighted by Crippen LogP contribution is -2.28. The molecule has 18 heavy (non-hydrogen) atoms. The molecule has 0 fully saturated rings. The highest BCUT2D eigenvalue weighted by molar-refractivity contribution is 5.80. The number of rotatable bonds is 3. The predicted octanol–water partition coefficient (Wildman–Crippen LogP) is 1.36. The quantitative estimate of drug-likeness (QED) is 0.648. The molecule has 2 N–H and O–H groups in total. The molecule has 0 amide bonds. The molecule has 0 radical (unpaired) electrons. The molecule has 0 saturated carbocycles. The highest BCUT2D eigenvalue weighted by atomic mass is 16.6. The Morgan fingerprint density at radius 1 is 1.61 bits per heavy atom. The number of nitrogens with zero attached hydrogens (tertiary/aromatic N) is 4. The Morgan fingerprint density at radius 3 is 2.94 bits per heavy atom.